The van der Waals surface area contributed by atoms with Gasteiger partial charge in [0.05, 0.1) is 16.5 Å². The van der Waals surface area contributed by atoms with E-state index in [-0.39, 0.29) is 23.1 Å². The van der Waals surface area contributed by atoms with Gasteiger partial charge in [-0.05, 0) is 37.6 Å². The molecule has 1 atom stereocenters. The fraction of sp³-hybridized carbons (Fsp3) is 0.190. The van der Waals surface area contributed by atoms with Crippen molar-refractivity contribution in [1.82, 2.24) is 9.97 Å². The summed E-state index contributed by atoms with van der Waals surface area (Å²) < 4.78 is 0. The summed E-state index contributed by atoms with van der Waals surface area (Å²) in [6.45, 7) is 3.78. The predicted octanol–water partition coefficient (Wildman–Crippen LogP) is 5.42. The van der Waals surface area contributed by atoms with Gasteiger partial charge in [0.15, 0.2) is 5.16 Å². The van der Waals surface area contributed by atoms with E-state index in [9.17, 15) is 9.59 Å². The highest BCUT2D eigenvalue weighted by Gasteiger charge is 2.15. The molecule has 3 aromatic rings. The summed E-state index contributed by atoms with van der Waals surface area (Å²) in [5.74, 6) is -0.336. The SMILES string of the molecule is Cc1nc(SC(C)c2ccccc2)[nH]c(=O)c1CC(=O)Nc1ccc(Cl)c(Cl)c1. The second kappa shape index (κ2) is 9.48. The van der Waals surface area contributed by atoms with Crippen molar-refractivity contribution in [3.8, 4) is 0 Å². The fourth-order valence-corrected chi connectivity index (χ4v) is 4.02. The molecule has 29 heavy (non-hydrogen) atoms. The smallest absolute Gasteiger partial charge is 0.255 e. The van der Waals surface area contributed by atoms with Crippen LogP contribution in [0.1, 0.15) is 29.0 Å². The van der Waals surface area contributed by atoms with Crippen LogP contribution < -0.4 is 10.9 Å². The number of hydrogen-bond donors (Lipinski definition) is 2. The van der Waals surface area contributed by atoms with Crippen molar-refractivity contribution in [2.45, 2.75) is 30.7 Å². The normalized spacial score (nSPS) is 11.9. The standard InChI is InChI=1S/C21H19Cl2N3O2S/c1-12-16(11-19(27)25-15-8-9-17(22)18(23)10-15)20(28)26-21(24-12)29-13(2)14-6-4-3-5-7-14/h3-10,13H,11H2,1-2H3,(H,25,27)(H,24,26,28). The number of amides is 1. The zero-order valence-corrected chi connectivity index (χ0v) is 18.2. The molecule has 0 aliphatic carbocycles. The molecule has 3 rings (SSSR count). The topological polar surface area (TPSA) is 74.8 Å². The molecule has 2 aromatic carbocycles. The average molecular weight is 448 g/mol. The summed E-state index contributed by atoms with van der Waals surface area (Å²) in [6.07, 6.45) is -0.0897. The zero-order valence-electron chi connectivity index (χ0n) is 15.8. The van der Waals surface area contributed by atoms with Gasteiger partial charge in [-0.25, -0.2) is 4.98 Å². The minimum atomic E-state index is -0.336. The molecule has 150 valence electrons. The summed E-state index contributed by atoms with van der Waals surface area (Å²) in [5.41, 5.74) is 2.20. The van der Waals surface area contributed by atoms with E-state index >= 15 is 0 Å². The van der Waals surface area contributed by atoms with Crippen LogP contribution in [0.25, 0.3) is 0 Å². The van der Waals surface area contributed by atoms with Crippen molar-refractivity contribution in [1.29, 1.82) is 0 Å². The van der Waals surface area contributed by atoms with Crippen LogP contribution in [-0.2, 0) is 11.2 Å². The van der Waals surface area contributed by atoms with Gasteiger partial charge in [0, 0.05) is 22.2 Å². The molecule has 1 aromatic heterocycles. The number of thioether (sulfide) groups is 1. The number of carbonyl (C=O) groups is 1. The molecule has 1 amide bonds. The van der Waals surface area contributed by atoms with Crippen LogP contribution in [0.4, 0.5) is 5.69 Å². The first-order valence-electron chi connectivity index (χ1n) is 8.90. The first kappa shape index (κ1) is 21.4. The van der Waals surface area contributed by atoms with E-state index in [0.29, 0.717) is 32.1 Å². The highest BCUT2D eigenvalue weighted by molar-refractivity contribution is 7.99. The molecule has 0 aliphatic rings. The number of H-pyrrole nitrogens is 1. The Kier molecular flexibility index (Phi) is 7.00. The number of rotatable bonds is 6. The van der Waals surface area contributed by atoms with Crippen LogP contribution in [0.15, 0.2) is 58.5 Å². The summed E-state index contributed by atoms with van der Waals surface area (Å²) in [5, 5.41) is 4.11. The van der Waals surface area contributed by atoms with Crippen molar-refractivity contribution >= 4 is 46.6 Å². The van der Waals surface area contributed by atoms with E-state index in [1.54, 1.807) is 25.1 Å². The minimum absolute atomic E-state index is 0.0897. The van der Waals surface area contributed by atoms with Gasteiger partial charge < -0.3 is 10.3 Å². The maximum atomic E-state index is 12.5. The minimum Gasteiger partial charge on any atom is -0.326 e. The Hall–Kier alpha value is -2.28. The molecule has 0 fully saturated rings. The van der Waals surface area contributed by atoms with Crippen LogP contribution in [0, 0.1) is 6.92 Å². The van der Waals surface area contributed by atoms with E-state index < -0.39 is 0 Å². The van der Waals surface area contributed by atoms with Crippen molar-refractivity contribution in [3.63, 3.8) is 0 Å². The summed E-state index contributed by atoms with van der Waals surface area (Å²) in [6, 6.07) is 14.8. The van der Waals surface area contributed by atoms with Crippen molar-refractivity contribution in [2.24, 2.45) is 0 Å². The van der Waals surface area contributed by atoms with E-state index in [1.807, 2.05) is 37.3 Å². The molecule has 0 saturated carbocycles. The van der Waals surface area contributed by atoms with Crippen molar-refractivity contribution in [3.05, 3.63) is 85.8 Å². The number of halogens is 2. The summed E-state index contributed by atoms with van der Waals surface area (Å²) >= 11 is 13.3. The average Bonchev–Trinajstić information content (AvgIpc) is 2.68. The van der Waals surface area contributed by atoms with Crippen molar-refractivity contribution < 1.29 is 4.79 Å². The molecule has 0 spiro atoms. The van der Waals surface area contributed by atoms with Crippen LogP contribution in [0.3, 0.4) is 0 Å². The number of carbonyl (C=O) groups excluding carboxylic acids is 1. The predicted molar refractivity (Wildman–Crippen MR) is 119 cm³/mol. The largest absolute Gasteiger partial charge is 0.326 e. The quantitative estimate of drug-likeness (QED) is 0.390. The lowest BCUT2D eigenvalue weighted by Gasteiger charge is -2.12. The molecule has 0 bridgehead atoms. The third kappa shape index (κ3) is 5.63. The Bertz CT molecular complexity index is 1090. The molecule has 0 radical (unpaired) electrons. The van der Waals surface area contributed by atoms with E-state index in [0.717, 1.165) is 5.56 Å². The number of nitrogens with one attached hydrogen (secondary N) is 2. The lowest BCUT2D eigenvalue weighted by atomic mass is 10.1. The Morgan fingerprint density at radius 2 is 1.90 bits per heavy atom. The first-order chi connectivity index (χ1) is 13.8. The van der Waals surface area contributed by atoms with E-state index in [2.05, 4.69) is 15.3 Å². The number of anilines is 1. The number of aromatic nitrogens is 2. The molecular formula is C21H19Cl2N3O2S. The second-order valence-corrected chi connectivity index (χ2v) is 8.60. The maximum absolute atomic E-state index is 12.5. The molecule has 2 N–H and O–H groups in total. The lowest BCUT2D eigenvalue weighted by Crippen LogP contribution is -2.23. The zero-order chi connectivity index (χ0) is 21.0. The lowest BCUT2D eigenvalue weighted by molar-refractivity contribution is -0.115. The number of aryl methyl sites for hydroxylation is 1. The summed E-state index contributed by atoms with van der Waals surface area (Å²) in [7, 11) is 0. The van der Waals surface area contributed by atoms with Crippen LogP contribution in [0.5, 0.6) is 0 Å². The van der Waals surface area contributed by atoms with Gasteiger partial charge in [-0.1, -0.05) is 65.3 Å². The van der Waals surface area contributed by atoms with Crippen molar-refractivity contribution in [2.75, 3.05) is 5.32 Å². The molecular weight excluding hydrogens is 429 g/mol. The number of hydrogen-bond acceptors (Lipinski definition) is 4. The van der Waals surface area contributed by atoms with Crippen LogP contribution in [0.2, 0.25) is 10.0 Å². The Labute approximate surface area is 182 Å². The third-order valence-corrected chi connectivity index (χ3v) is 6.08. The molecule has 1 unspecified atom stereocenters. The molecule has 0 saturated heterocycles. The van der Waals surface area contributed by atoms with Gasteiger partial charge in [-0.15, -0.1) is 0 Å². The van der Waals surface area contributed by atoms with Gasteiger partial charge in [0.25, 0.3) is 5.56 Å². The first-order valence-corrected chi connectivity index (χ1v) is 10.5. The number of nitrogens with zero attached hydrogens (tertiary/aromatic N) is 1. The van der Waals surface area contributed by atoms with Crippen LogP contribution >= 0.6 is 35.0 Å². The highest BCUT2D eigenvalue weighted by atomic mass is 35.5. The van der Waals surface area contributed by atoms with Gasteiger partial charge in [-0.2, -0.15) is 0 Å². The van der Waals surface area contributed by atoms with E-state index in [1.165, 1.54) is 11.8 Å². The maximum Gasteiger partial charge on any atom is 0.255 e. The van der Waals surface area contributed by atoms with Gasteiger partial charge in [0.2, 0.25) is 5.91 Å². The Morgan fingerprint density at radius 3 is 2.55 bits per heavy atom. The second-order valence-electron chi connectivity index (χ2n) is 6.46. The summed E-state index contributed by atoms with van der Waals surface area (Å²) in [4.78, 5) is 32.2. The van der Waals surface area contributed by atoms with E-state index in [4.69, 9.17) is 23.2 Å². The molecule has 5 nitrogen and oxygen atoms in total. The molecule has 8 heteroatoms. The molecule has 0 aliphatic heterocycles. The Balaban J connectivity index is 1.71. The van der Waals surface area contributed by atoms with Gasteiger partial charge in [-0.3, -0.25) is 9.59 Å². The highest BCUT2D eigenvalue weighted by Crippen LogP contribution is 2.32. The van der Waals surface area contributed by atoms with Gasteiger partial charge >= 0.3 is 0 Å². The van der Waals surface area contributed by atoms with Crippen LogP contribution in [-0.4, -0.2) is 15.9 Å². The Morgan fingerprint density at radius 1 is 1.17 bits per heavy atom. The monoisotopic (exact) mass is 447 g/mol. The number of aromatic amines is 1. The van der Waals surface area contributed by atoms with Gasteiger partial charge in [0.1, 0.15) is 0 Å². The fourth-order valence-electron chi connectivity index (χ4n) is 2.75. The third-order valence-electron chi connectivity index (χ3n) is 4.30. The molecule has 1 heterocycles. The number of benzene rings is 2.